The van der Waals surface area contributed by atoms with Gasteiger partial charge < -0.3 is 16.0 Å². The minimum absolute atomic E-state index is 0. The first-order valence-electron chi connectivity index (χ1n) is 5.90. The van der Waals surface area contributed by atoms with Crippen LogP contribution in [0.15, 0.2) is 18.2 Å². The van der Waals surface area contributed by atoms with E-state index in [1.54, 1.807) is 42.3 Å². The molecule has 0 fully saturated rings. The summed E-state index contributed by atoms with van der Waals surface area (Å²) in [6.07, 6.45) is 10.0. The van der Waals surface area contributed by atoms with Crippen LogP contribution in [0.4, 0.5) is 0 Å². The van der Waals surface area contributed by atoms with Crippen LogP contribution in [0, 0.1) is 6.08 Å². The molecule has 0 spiro atoms. The summed E-state index contributed by atoms with van der Waals surface area (Å²) in [7, 11) is 10.5. The monoisotopic (exact) mass is 406 g/mol. The molecule has 0 saturated heterocycles. The van der Waals surface area contributed by atoms with Gasteiger partial charge in [0.05, 0.1) is 0 Å². The Kier molecular flexibility index (Phi) is 71.9. The molecule has 0 aromatic carbocycles. The van der Waals surface area contributed by atoms with Gasteiger partial charge >= 0.3 is 57.8 Å². The maximum absolute atomic E-state index is 3.50. The minimum Gasteiger partial charge on any atom is 4.00 e. The topological polar surface area (TPSA) is 42.3 Å². The summed E-state index contributed by atoms with van der Waals surface area (Å²) in [5, 5.41) is 10.5. The van der Waals surface area contributed by atoms with Crippen LogP contribution in [0.1, 0.15) is 6.42 Å². The van der Waals surface area contributed by atoms with Gasteiger partial charge in [0, 0.05) is 0 Å². The minimum atomic E-state index is -0.333. The predicted octanol–water partition coefficient (Wildman–Crippen LogP) is 4.53. The normalized spacial score (nSPS) is 9.37. The summed E-state index contributed by atoms with van der Waals surface area (Å²) in [4.78, 5) is 0. The van der Waals surface area contributed by atoms with Crippen molar-refractivity contribution in [2.75, 3.05) is 42.3 Å². The van der Waals surface area contributed by atoms with Gasteiger partial charge in [-0.25, -0.2) is 12.2 Å². The van der Waals surface area contributed by atoms with Gasteiger partial charge in [-0.2, -0.15) is 48.4 Å². The number of allylic oxidation sites excluding steroid dienone is 4. The smallest absolute Gasteiger partial charge is 4.00 e. The van der Waals surface area contributed by atoms with Crippen molar-refractivity contribution in [1.82, 2.24) is 0 Å². The van der Waals surface area contributed by atoms with Gasteiger partial charge in [-0.05, 0) is 0 Å². The number of rotatable bonds is 0. The van der Waals surface area contributed by atoms with Crippen molar-refractivity contribution in [2.45, 2.75) is 23.7 Å². The Morgan fingerprint density at radius 2 is 1.11 bits per heavy atom. The van der Waals surface area contributed by atoms with Crippen molar-refractivity contribution in [2.24, 2.45) is 0 Å². The zero-order valence-corrected chi connectivity index (χ0v) is 18.8. The Morgan fingerprint density at radius 3 is 1.16 bits per heavy atom. The van der Waals surface area contributed by atoms with E-state index in [2.05, 4.69) is 45.4 Å². The summed E-state index contributed by atoms with van der Waals surface area (Å²) < 4.78 is 0. The quantitative estimate of drug-likeness (QED) is 0.419. The molecule has 111 valence electrons. The fourth-order valence-corrected chi connectivity index (χ4v) is 0.340. The molecule has 19 heavy (non-hydrogen) atoms. The standard InChI is InChI=1S/C5H5.C3H9Ge.3C2H6N.Zr/c1-2-4-5-3-1;1-4(2)3;3*1-3-2;/h1-3H,4H2;1-3H3;3*1-2H3;/q-1;;3*-1;+4. The molecule has 1 rings (SSSR count). The Balaban J connectivity index is -0.0000000435. The van der Waals surface area contributed by atoms with E-state index in [0.717, 1.165) is 6.42 Å². The molecule has 1 aliphatic carbocycles. The molecule has 0 N–H and O–H groups in total. The molecule has 5 heteroatoms. The first kappa shape index (κ1) is 31.9. The second-order valence-electron chi connectivity index (χ2n) is 3.84. The zero-order valence-electron chi connectivity index (χ0n) is 14.3. The second kappa shape index (κ2) is 42.8. The average Bonchev–Trinajstić information content (AvgIpc) is 2.76. The van der Waals surface area contributed by atoms with E-state index in [1.165, 1.54) is 0 Å². The van der Waals surface area contributed by atoms with Crippen LogP contribution >= 0.6 is 0 Å². The van der Waals surface area contributed by atoms with E-state index in [-0.39, 0.29) is 40.6 Å². The first-order chi connectivity index (χ1) is 8.47. The second-order valence-corrected chi connectivity index (χ2v) is 10.1. The Hall–Kier alpha value is 0.786. The molecule has 0 aromatic rings. The average molecular weight is 406 g/mol. The van der Waals surface area contributed by atoms with Gasteiger partial charge in [-0.3, -0.25) is 6.08 Å². The van der Waals surface area contributed by atoms with E-state index >= 15 is 0 Å². The molecule has 0 bridgehead atoms. The molecule has 0 aliphatic heterocycles. The van der Waals surface area contributed by atoms with Gasteiger partial charge in [0.2, 0.25) is 0 Å². The number of hydrogen-bond acceptors (Lipinski definition) is 0. The van der Waals surface area contributed by atoms with Crippen molar-refractivity contribution in [1.29, 1.82) is 0 Å². The molecular formula is C14H32GeN3Zr. The van der Waals surface area contributed by atoms with E-state index in [9.17, 15) is 0 Å². The first-order valence-corrected chi connectivity index (χ1v) is 12.2. The van der Waals surface area contributed by atoms with Crippen molar-refractivity contribution in [3.05, 3.63) is 40.3 Å². The van der Waals surface area contributed by atoms with E-state index in [1.807, 2.05) is 12.2 Å². The Morgan fingerprint density at radius 1 is 0.842 bits per heavy atom. The van der Waals surface area contributed by atoms with Crippen molar-refractivity contribution < 1.29 is 26.2 Å². The summed E-state index contributed by atoms with van der Waals surface area (Å²) in [5.41, 5.74) is 0. The SMILES string of the molecule is C[N-]C.C[N-]C.C[N-]C.[C-]1=CC=CC1.[CH3][Ge]([CH3])[CH3].[Zr+4]. The van der Waals surface area contributed by atoms with Gasteiger partial charge in [-0.1, -0.05) is 0 Å². The Bertz CT molecular complexity index is 134. The number of nitrogens with zero attached hydrogens (tertiary/aromatic N) is 3. The van der Waals surface area contributed by atoms with Crippen molar-refractivity contribution >= 4 is 14.3 Å². The fourth-order valence-electron chi connectivity index (χ4n) is 0.340. The largest absolute Gasteiger partial charge is 4.00 e. The van der Waals surface area contributed by atoms with Crippen LogP contribution in [0.25, 0.3) is 16.0 Å². The van der Waals surface area contributed by atoms with Gasteiger partial charge in [-0.15, -0.1) is 6.42 Å². The van der Waals surface area contributed by atoms with E-state index in [0.29, 0.717) is 0 Å². The maximum atomic E-state index is 3.50. The molecule has 0 aromatic heterocycles. The van der Waals surface area contributed by atoms with Crippen LogP contribution in [0.3, 0.4) is 0 Å². The molecular weight excluding hydrogens is 374 g/mol. The molecule has 0 saturated carbocycles. The van der Waals surface area contributed by atoms with Crippen LogP contribution in [-0.2, 0) is 26.2 Å². The van der Waals surface area contributed by atoms with Crippen molar-refractivity contribution in [3.8, 4) is 0 Å². The summed E-state index contributed by atoms with van der Waals surface area (Å²) in [6, 6.07) is 0. The third-order valence-corrected chi connectivity index (χ3v) is 0.586. The molecule has 0 heterocycles. The number of hydrogen-bond donors (Lipinski definition) is 0. The molecule has 0 amide bonds. The van der Waals surface area contributed by atoms with Gasteiger partial charge in [0.25, 0.3) is 0 Å². The molecule has 0 unspecified atom stereocenters. The molecule has 1 radical (unpaired) electrons. The zero-order chi connectivity index (χ0) is 15.2. The van der Waals surface area contributed by atoms with Crippen LogP contribution in [0.5, 0.6) is 0 Å². The van der Waals surface area contributed by atoms with Crippen LogP contribution in [0.2, 0.25) is 17.3 Å². The third-order valence-electron chi connectivity index (χ3n) is 0.586. The summed E-state index contributed by atoms with van der Waals surface area (Å²) in [5.74, 6) is 7.00. The molecule has 1 aliphatic rings. The molecule has 0 atom stereocenters. The fraction of sp³-hybridized carbons (Fsp3) is 0.714. The van der Waals surface area contributed by atoms with Crippen molar-refractivity contribution in [3.63, 3.8) is 0 Å². The summed E-state index contributed by atoms with van der Waals surface area (Å²) in [6.45, 7) is 0. The summed E-state index contributed by atoms with van der Waals surface area (Å²) >= 11 is -0.333. The van der Waals surface area contributed by atoms with Crippen LogP contribution in [-0.4, -0.2) is 56.6 Å². The van der Waals surface area contributed by atoms with E-state index < -0.39 is 0 Å². The van der Waals surface area contributed by atoms with Gasteiger partial charge in [0.1, 0.15) is 0 Å². The van der Waals surface area contributed by atoms with Crippen LogP contribution < -0.4 is 0 Å². The third kappa shape index (κ3) is 158. The molecule has 3 nitrogen and oxygen atoms in total. The predicted molar refractivity (Wildman–Crippen MR) is 90.5 cm³/mol. The van der Waals surface area contributed by atoms with E-state index in [4.69, 9.17) is 0 Å². The Labute approximate surface area is 146 Å². The maximum Gasteiger partial charge on any atom is 4.00 e. The van der Waals surface area contributed by atoms with Gasteiger partial charge in [0.15, 0.2) is 0 Å².